The Kier molecular flexibility index (Phi) is 6.14. The van der Waals surface area contributed by atoms with E-state index >= 15 is 0 Å². The average molecular weight is 449 g/mol. The molecule has 172 valence electrons. The van der Waals surface area contributed by atoms with Crippen LogP contribution in [0.1, 0.15) is 45.2 Å². The smallest absolute Gasteiger partial charge is 0.304 e. The molecule has 3 aromatic rings. The first kappa shape index (κ1) is 22.5. The van der Waals surface area contributed by atoms with E-state index in [4.69, 9.17) is 14.6 Å². The standard InChI is InChI=1S/C26H28N2O5/c1-16-10-23(26(31)27(3)4)17(2)28(16)20-7-5-6-18(11-20)14-32-21-8-9-22-19(12-25(29)30)15-33-24(22)13-21/h5-11,13,19H,12,14-15H2,1-4H3,(H,29,30). The van der Waals surface area contributed by atoms with Crippen molar-refractivity contribution < 1.29 is 24.2 Å². The molecule has 0 radical (unpaired) electrons. The first-order valence-electron chi connectivity index (χ1n) is 10.9. The van der Waals surface area contributed by atoms with Crippen molar-refractivity contribution in [3.05, 3.63) is 76.6 Å². The van der Waals surface area contributed by atoms with Gasteiger partial charge in [0.2, 0.25) is 0 Å². The van der Waals surface area contributed by atoms with Crippen LogP contribution in [0.4, 0.5) is 0 Å². The summed E-state index contributed by atoms with van der Waals surface area (Å²) in [6.07, 6.45) is 0.0556. The third-order valence-electron chi connectivity index (χ3n) is 5.93. The maximum Gasteiger partial charge on any atom is 0.304 e. The summed E-state index contributed by atoms with van der Waals surface area (Å²) in [5, 5.41) is 9.06. The summed E-state index contributed by atoms with van der Waals surface area (Å²) in [4.78, 5) is 25.1. The average Bonchev–Trinajstić information content (AvgIpc) is 3.30. The van der Waals surface area contributed by atoms with Gasteiger partial charge >= 0.3 is 5.97 Å². The Bertz CT molecular complexity index is 1210. The minimum atomic E-state index is -0.831. The highest BCUT2D eigenvalue weighted by atomic mass is 16.5. The molecular formula is C26H28N2O5. The van der Waals surface area contributed by atoms with Crippen LogP contribution >= 0.6 is 0 Å². The van der Waals surface area contributed by atoms with Crippen LogP contribution in [0.15, 0.2) is 48.5 Å². The third-order valence-corrected chi connectivity index (χ3v) is 5.93. The van der Waals surface area contributed by atoms with Gasteiger partial charge in [0.15, 0.2) is 0 Å². The zero-order chi connectivity index (χ0) is 23.7. The first-order valence-corrected chi connectivity index (χ1v) is 10.9. The van der Waals surface area contributed by atoms with Gasteiger partial charge in [0.1, 0.15) is 18.1 Å². The van der Waals surface area contributed by atoms with E-state index in [0.29, 0.717) is 30.3 Å². The van der Waals surface area contributed by atoms with Crippen molar-refractivity contribution in [3.63, 3.8) is 0 Å². The Morgan fingerprint density at radius 2 is 1.94 bits per heavy atom. The third kappa shape index (κ3) is 4.58. The number of benzene rings is 2. The summed E-state index contributed by atoms with van der Waals surface area (Å²) >= 11 is 0. The van der Waals surface area contributed by atoms with Crippen LogP contribution in [0.2, 0.25) is 0 Å². The van der Waals surface area contributed by atoms with Crippen LogP contribution in [0.3, 0.4) is 0 Å². The molecule has 0 saturated carbocycles. The zero-order valence-electron chi connectivity index (χ0n) is 19.3. The van der Waals surface area contributed by atoms with E-state index in [0.717, 1.165) is 28.2 Å². The number of amides is 1. The molecule has 0 bridgehead atoms. The summed E-state index contributed by atoms with van der Waals surface area (Å²) in [6.45, 7) is 4.69. The van der Waals surface area contributed by atoms with Gasteiger partial charge in [0, 0.05) is 48.7 Å². The number of carbonyl (C=O) groups excluding carboxylic acids is 1. The molecule has 1 aliphatic rings. The second kappa shape index (κ2) is 9.02. The number of fused-ring (bicyclic) bond motifs is 1. The van der Waals surface area contributed by atoms with Crippen LogP contribution in [0, 0.1) is 13.8 Å². The molecule has 1 aromatic heterocycles. The topological polar surface area (TPSA) is 81.0 Å². The lowest BCUT2D eigenvalue weighted by molar-refractivity contribution is -0.137. The molecule has 1 atom stereocenters. The van der Waals surface area contributed by atoms with E-state index in [-0.39, 0.29) is 18.2 Å². The molecule has 2 heterocycles. The Balaban J connectivity index is 1.50. The second-order valence-electron chi connectivity index (χ2n) is 8.58. The lowest BCUT2D eigenvalue weighted by Crippen LogP contribution is -2.22. The van der Waals surface area contributed by atoms with Crippen molar-refractivity contribution in [2.24, 2.45) is 0 Å². The van der Waals surface area contributed by atoms with Crippen LogP contribution in [0.25, 0.3) is 5.69 Å². The molecule has 1 unspecified atom stereocenters. The fourth-order valence-corrected chi connectivity index (χ4v) is 4.30. The molecule has 0 spiro atoms. The maximum absolute atomic E-state index is 12.5. The van der Waals surface area contributed by atoms with Gasteiger partial charge in [-0.2, -0.15) is 0 Å². The molecule has 0 fully saturated rings. The number of rotatable bonds is 7. The number of carbonyl (C=O) groups is 2. The van der Waals surface area contributed by atoms with Crippen molar-refractivity contribution in [2.75, 3.05) is 20.7 Å². The normalized spacial score (nSPS) is 14.5. The van der Waals surface area contributed by atoms with E-state index in [1.807, 2.05) is 56.3 Å². The van der Waals surface area contributed by atoms with E-state index in [1.165, 1.54) is 0 Å². The van der Waals surface area contributed by atoms with Gasteiger partial charge in [-0.3, -0.25) is 9.59 Å². The number of aryl methyl sites for hydroxylation is 1. The molecule has 7 nitrogen and oxygen atoms in total. The highest BCUT2D eigenvalue weighted by molar-refractivity contribution is 5.95. The molecule has 7 heteroatoms. The predicted octanol–water partition coefficient (Wildman–Crippen LogP) is 4.33. The molecule has 33 heavy (non-hydrogen) atoms. The molecule has 0 saturated heterocycles. The van der Waals surface area contributed by atoms with Crippen molar-refractivity contribution in [1.29, 1.82) is 0 Å². The molecule has 1 aliphatic heterocycles. The Labute approximate surface area is 193 Å². The highest BCUT2D eigenvalue weighted by Crippen LogP contribution is 2.38. The summed E-state index contributed by atoms with van der Waals surface area (Å²) in [5.74, 6) is 0.383. The monoisotopic (exact) mass is 448 g/mol. The fourth-order valence-electron chi connectivity index (χ4n) is 4.30. The number of aliphatic carboxylic acids is 1. The number of nitrogens with zero attached hydrogens (tertiary/aromatic N) is 2. The fraction of sp³-hybridized carbons (Fsp3) is 0.308. The quantitative estimate of drug-likeness (QED) is 0.582. The first-order chi connectivity index (χ1) is 15.7. The SMILES string of the molecule is Cc1cc(C(=O)N(C)C)c(C)n1-c1cccc(COc2ccc3c(c2)OCC3CC(=O)O)c1. The van der Waals surface area contributed by atoms with Gasteiger partial charge in [-0.05, 0) is 43.7 Å². The van der Waals surface area contributed by atoms with Crippen LogP contribution in [-0.2, 0) is 11.4 Å². The molecule has 1 N–H and O–H groups in total. The number of hydrogen-bond donors (Lipinski definition) is 1. The van der Waals surface area contributed by atoms with Gasteiger partial charge in [-0.1, -0.05) is 18.2 Å². The van der Waals surface area contributed by atoms with E-state index < -0.39 is 5.97 Å². The summed E-state index contributed by atoms with van der Waals surface area (Å²) < 4.78 is 13.7. The van der Waals surface area contributed by atoms with Crippen molar-refractivity contribution in [3.8, 4) is 17.2 Å². The van der Waals surface area contributed by atoms with Crippen molar-refractivity contribution >= 4 is 11.9 Å². The summed E-state index contributed by atoms with van der Waals surface area (Å²) in [6, 6.07) is 15.5. The van der Waals surface area contributed by atoms with Gasteiger partial charge in [-0.15, -0.1) is 0 Å². The summed E-state index contributed by atoms with van der Waals surface area (Å²) in [7, 11) is 3.51. The Hall–Kier alpha value is -3.74. The Morgan fingerprint density at radius 1 is 1.15 bits per heavy atom. The van der Waals surface area contributed by atoms with Crippen molar-refractivity contribution in [1.82, 2.24) is 9.47 Å². The molecule has 4 rings (SSSR count). The number of carboxylic acid groups (broad SMARTS) is 1. The van der Waals surface area contributed by atoms with Gasteiger partial charge in [0.25, 0.3) is 5.91 Å². The van der Waals surface area contributed by atoms with Gasteiger partial charge in [0.05, 0.1) is 18.6 Å². The summed E-state index contributed by atoms with van der Waals surface area (Å²) in [5.41, 5.74) is 5.45. The number of carboxylic acids is 1. The van der Waals surface area contributed by atoms with E-state index in [1.54, 1.807) is 19.0 Å². The minimum absolute atomic E-state index is 0.0155. The highest BCUT2D eigenvalue weighted by Gasteiger charge is 2.26. The lowest BCUT2D eigenvalue weighted by atomic mass is 9.98. The Morgan fingerprint density at radius 3 is 2.67 bits per heavy atom. The number of ether oxygens (including phenoxy) is 2. The van der Waals surface area contributed by atoms with Crippen LogP contribution in [-0.4, -0.2) is 47.2 Å². The van der Waals surface area contributed by atoms with E-state index in [2.05, 4.69) is 10.6 Å². The lowest BCUT2D eigenvalue weighted by Gasteiger charge is -2.14. The second-order valence-corrected chi connectivity index (χ2v) is 8.58. The van der Waals surface area contributed by atoms with E-state index in [9.17, 15) is 9.59 Å². The molecular weight excluding hydrogens is 420 g/mol. The molecule has 1 amide bonds. The predicted molar refractivity (Wildman–Crippen MR) is 125 cm³/mol. The number of hydrogen-bond acceptors (Lipinski definition) is 4. The minimum Gasteiger partial charge on any atom is -0.492 e. The van der Waals surface area contributed by atoms with Crippen molar-refractivity contribution in [2.45, 2.75) is 32.8 Å². The van der Waals surface area contributed by atoms with Crippen LogP contribution < -0.4 is 9.47 Å². The molecule has 2 aromatic carbocycles. The largest absolute Gasteiger partial charge is 0.492 e. The maximum atomic E-state index is 12.5. The zero-order valence-corrected chi connectivity index (χ0v) is 19.3. The molecule has 0 aliphatic carbocycles. The number of aromatic nitrogens is 1. The van der Waals surface area contributed by atoms with Gasteiger partial charge in [-0.25, -0.2) is 0 Å². The van der Waals surface area contributed by atoms with Gasteiger partial charge < -0.3 is 24.0 Å². The van der Waals surface area contributed by atoms with Crippen LogP contribution in [0.5, 0.6) is 11.5 Å².